The Kier molecular flexibility index (Phi) is 5.38. The monoisotopic (exact) mass is 384 g/mol. The van der Waals surface area contributed by atoms with Crippen molar-refractivity contribution in [3.05, 3.63) is 16.9 Å². The minimum atomic E-state index is -0.709. The van der Waals surface area contributed by atoms with Gasteiger partial charge in [-0.2, -0.15) is 5.10 Å². The number of aromatic nitrogens is 2. The van der Waals surface area contributed by atoms with Crippen LogP contribution in [-0.4, -0.2) is 57.0 Å². The van der Waals surface area contributed by atoms with Crippen LogP contribution in [0.15, 0.2) is 16.9 Å². The molecule has 7 heteroatoms. The molecule has 23 heavy (non-hydrogen) atoms. The molecule has 2 saturated carbocycles. The largest absolute Gasteiger partial charge is 0.480 e. The summed E-state index contributed by atoms with van der Waals surface area (Å²) in [6.07, 6.45) is 8.40. The maximum Gasteiger partial charge on any atom is 0.317 e. The van der Waals surface area contributed by atoms with E-state index in [0.29, 0.717) is 18.1 Å². The average Bonchev–Trinajstić information content (AvgIpc) is 3.14. The first-order chi connectivity index (χ1) is 11.0. The van der Waals surface area contributed by atoms with Crippen LogP contribution in [0.1, 0.15) is 32.6 Å². The lowest BCUT2D eigenvalue weighted by Gasteiger charge is -2.44. The van der Waals surface area contributed by atoms with Crippen molar-refractivity contribution in [1.82, 2.24) is 20.0 Å². The number of hydrogen-bond acceptors (Lipinski definition) is 4. The number of hydrogen-bond donors (Lipinski definition) is 2. The fourth-order valence-electron chi connectivity index (χ4n) is 3.34. The Morgan fingerprint density at radius 2 is 2.30 bits per heavy atom. The summed E-state index contributed by atoms with van der Waals surface area (Å²) >= 11 is 3.41. The van der Waals surface area contributed by atoms with E-state index in [1.54, 1.807) is 6.20 Å². The Morgan fingerprint density at radius 3 is 2.87 bits per heavy atom. The zero-order chi connectivity index (χ0) is 16.4. The van der Waals surface area contributed by atoms with Crippen molar-refractivity contribution >= 4 is 21.9 Å². The Morgan fingerprint density at radius 1 is 1.57 bits per heavy atom. The summed E-state index contributed by atoms with van der Waals surface area (Å²) in [5.41, 5.74) is 0. The van der Waals surface area contributed by atoms with Gasteiger partial charge in [-0.25, -0.2) is 0 Å². The van der Waals surface area contributed by atoms with Gasteiger partial charge in [0.15, 0.2) is 0 Å². The van der Waals surface area contributed by atoms with Crippen molar-refractivity contribution in [2.24, 2.45) is 5.92 Å². The van der Waals surface area contributed by atoms with Crippen molar-refractivity contribution in [1.29, 1.82) is 0 Å². The highest BCUT2D eigenvalue weighted by Crippen LogP contribution is 2.33. The van der Waals surface area contributed by atoms with Gasteiger partial charge in [0.1, 0.15) is 0 Å². The summed E-state index contributed by atoms with van der Waals surface area (Å²) < 4.78 is 2.93. The van der Waals surface area contributed by atoms with Gasteiger partial charge >= 0.3 is 5.97 Å². The third-order valence-electron chi connectivity index (χ3n) is 4.74. The molecule has 1 aromatic rings. The van der Waals surface area contributed by atoms with Gasteiger partial charge in [-0.15, -0.1) is 0 Å². The summed E-state index contributed by atoms with van der Waals surface area (Å²) in [5.74, 6) is 0.0261. The molecule has 1 aromatic heterocycles. The molecule has 2 aliphatic carbocycles. The molecule has 2 N–H and O–H groups in total. The number of nitrogens with one attached hydrogen (secondary N) is 1. The van der Waals surface area contributed by atoms with Crippen molar-refractivity contribution in [2.75, 3.05) is 13.1 Å². The van der Waals surface area contributed by atoms with Crippen LogP contribution in [0.5, 0.6) is 0 Å². The number of rotatable bonds is 9. The SMILES string of the molecule is CC(Cn1cc(Br)cn1)NC1CC(N(CC(=O)O)CC2CC2)C1. The van der Waals surface area contributed by atoms with Crippen molar-refractivity contribution in [2.45, 2.75) is 57.3 Å². The Balaban J connectivity index is 1.41. The zero-order valence-electron chi connectivity index (χ0n) is 13.5. The number of carboxylic acid groups (broad SMARTS) is 1. The summed E-state index contributed by atoms with van der Waals surface area (Å²) in [6.45, 7) is 4.15. The molecule has 3 rings (SSSR count). The quantitative estimate of drug-likeness (QED) is 0.680. The number of carbonyl (C=O) groups is 1. The first kappa shape index (κ1) is 16.9. The minimum absolute atomic E-state index is 0.185. The molecule has 0 amide bonds. The fourth-order valence-corrected chi connectivity index (χ4v) is 3.67. The first-order valence-electron chi connectivity index (χ1n) is 8.39. The predicted molar refractivity (Wildman–Crippen MR) is 91.3 cm³/mol. The number of carboxylic acids is 1. The molecule has 0 aliphatic heterocycles. The van der Waals surface area contributed by atoms with Crippen LogP contribution in [0.3, 0.4) is 0 Å². The highest BCUT2D eigenvalue weighted by Gasteiger charge is 2.37. The van der Waals surface area contributed by atoms with Gasteiger partial charge in [0.05, 0.1) is 23.8 Å². The third-order valence-corrected chi connectivity index (χ3v) is 5.15. The van der Waals surface area contributed by atoms with E-state index < -0.39 is 5.97 Å². The predicted octanol–water partition coefficient (Wildman–Crippen LogP) is 1.95. The summed E-state index contributed by atoms with van der Waals surface area (Å²) in [6, 6.07) is 1.27. The molecule has 1 unspecified atom stereocenters. The molecular formula is C16H25BrN4O2. The summed E-state index contributed by atoms with van der Waals surface area (Å²) in [7, 11) is 0. The lowest BCUT2D eigenvalue weighted by Crippen LogP contribution is -2.56. The molecule has 1 heterocycles. The van der Waals surface area contributed by atoms with E-state index in [1.165, 1.54) is 12.8 Å². The van der Waals surface area contributed by atoms with Gasteiger partial charge < -0.3 is 10.4 Å². The molecule has 6 nitrogen and oxygen atoms in total. The van der Waals surface area contributed by atoms with Crippen LogP contribution < -0.4 is 5.32 Å². The van der Waals surface area contributed by atoms with Gasteiger partial charge in [0, 0.05) is 30.9 Å². The molecule has 2 aliphatic rings. The lowest BCUT2D eigenvalue weighted by molar-refractivity contribution is -0.139. The standard InChI is InChI=1S/C16H25BrN4O2/c1-11(7-21-9-13(17)6-18-21)19-14-4-15(5-14)20(10-16(22)23)8-12-2-3-12/h6,9,11-12,14-15,19H,2-5,7-8,10H2,1H3,(H,22,23). The second kappa shape index (κ2) is 7.32. The molecule has 2 fully saturated rings. The van der Waals surface area contributed by atoms with E-state index in [-0.39, 0.29) is 6.54 Å². The molecule has 0 radical (unpaired) electrons. The minimum Gasteiger partial charge on any atom is -0.480 e. The third kappa shape index (κ3) is 5.02. The maximum absolute atomic E-state index is 11.0. The van der Waals surface area contributed by atoms with E-state index in [4.69, 9.17) is 5.11 Å². The van der Waals surface area contributed by atoms with E-state index >= 15 is 0 Å². The van der Waals surface area contributed by atoms with Crippen LogP contribution in [-0.2, 0) is 11.3 Å². The summed E-state index contributed by atoms with van der Waals surface area (Å²) in [4.78, 5) is 13.2. The molecular weight excluding hydrogens is 360 g/mol. The lowest BCUT2D eigenvalue weighted by atomic mass is 9.84. The van der Waals surface area contributed by atoms with E-state index in [2.05, 4.69) is 38.2 Å². The highest BCUT2D eigenvalue weighted by molar-refractivity contribution is 9.10. The fraction of sp³-hybridized carbons (Fsp3) is 0.750. The molecule has 1 atom stereocenters. The van der Waals surface area contributed by atoms with E-state index in [0.717, 1.165) is 36.3 Å². The average molecular weight is 385 g/mol. The molecule has 0 bridgehead atoms. The van der Waals surface area contributed by atoms with E-state index in [9.17, 15) is 4.79 Å². The van der Waals surface area contributed by atoms with Crippen LogP contribution in [0.4, 0.5) is 0 Å². The van der Waals surface area contributed by atoms with Gasteiger partial charge in [0.2, 0.25) is 0 Å². The topological polar surface area (TPSA) is 70.4 Å². The first-order valence-corrected chi connectivity index (χ1v) is 9.18. The molecule has 0 aromatic carbocycles. The highest BCUT2D eigenvalue weighted by atomic mass is 79.9. The van der Waals surface area contributed by atoms with Crippen molar-refractivity contribution in [3.63, 3.8) is 0 Å². The van der Waals surface area contributed by atoms with Crippen LogP contribution in [0.2, 0.25) is 0 Å². The molecule has 128 valence electrons. The Bertz CT molecular complexity index is 540. The van der Waals surface area contributed by atoms with Gasteiger partial charge in [-0.05, 0) is 54.5 Å². The van der Waals surface area contributed by atoms with Crippen LogP contribution in [0.25, 0.3) is 0 Å². The van der Waals surface area contributed by atoms with Gasteiger partial charge in [-0.1, -0.05) is 0 Å². The second-order valence-electron chi connectivity index (χ2n) is 7.04. The normalized spacial score (nSPS) is 25.3. The molecule has 0 saturated heterocycles. The van der Waals surface area contributed by atoms with Gasteiger partial charge in [0.25, 0.3) is 0 Å². The zero-order valence-corrected chi connectivity index (χ0v) is 15.1. The van der Waals surface area contributed by atoms with E-state index in [1.807, 2.05) is 10.9 Å². The maximum atomic E-state index is 11.0. The summed E-state index contributed by atoms with van der Waals surface area (Å²) in [5, 5.41) is 17.0. The van der Waals surface area contributed by atoms with Gasteiger partial charge in [-0.3, -0.25) is 14.4 Å². The van der Waals surface area contributed by atoms with Crippen molar-refractivity contribution in [3.8, 4) is 0 Å². The number of halogens is 1. The Labute approximate surface area is 145 Å². The Hall–Kier alpha value is -0.920. The van der Waals surface area contributed by atoms with Crippen molar-refractivity contribution < 1.29 is 9.90 Å². The smallest absolute Gasteiger partial charge is 0.317 e. The molecule has 0 spiro atoms. The number of nitrogens with zero attached hydrogens (tertiary/aromatic N) is 3. The van der Waals surface area contributed by atoms with Crippen LogP contribution in [0, 0.1) is 5.92 Å². The van der Waals surface area contributed by atoms with Crippen LogP contribution >= 0.6 is 15.9 Å². The number of aliphatic carboxylic acids is 1. The second-order valence-corrected chi connectivity index (χ2v) is 7.95.